The van der Waals surface area contributed by atoms with E-state index in [0.717, 1.165) is 13.3 Å². The topological polar surface area (TPSA) is 101 Å². The summed E-state index contributed by atoms with van der Waals surface area (Å²) in [7, 11) is -7.04. The fraction of sp³-hybridized carbons (Fsp3) is 0.833. The lowest BCUT2D eigenvalue weighted by molar-refractivity contribution is 0.0955. The molecule has 0 bridgehead atoms. The first-order valence-electron chi connectivity index (χ1n) is 4.18. The average Bonchev–Trinajstić information content (AvgIpc) is 2.11. The highest BCUT2D eigenvalue weighted by atomic mass is 79.9. The maximum absolute atomic E-state index is 11.4. The number of alkyl halides is 1. The Kier molecular flexibility index (Phi) is 5.84. The number of sulfonamides is 2. The summed E-state index contributed by atoms with van der Waals surface area (Å²) in [6.45, 7) is -0.0809. The highest BCUT2D eigenvalue weighted by Gasteiger charge is 2.34. The molecule has 0 aliphatic heterocycles. The zero-order valence-corrected chi connectivity index (χ0v) is 12.7. The molecule has 0 fully saturated rings. The van der Waals surface area contributed by atoms with E-state index >= 15 is 0 Å². The number of nitrogens with zero attached hydrogens (tertiary/aromatic N) is 2. The van der Waals surface area contributed by atoms with Gasteiger partial charge in [-0.1, -0.05) is 20.3 Å². The molecule has 0 aromatic rings. The van der Waals surface area contributed by atoms with Crippen LogP contribution in [0.4, 0.5) is 4.79 Å². The number of hydrogen-bond acceptors (Lipinski definition) is 6. The van der Waals surface area contributed by atoms with Crippen LogP contribution in [0.25, 0.3) is 0 Å². The summed E-state index contributed by atoms with van der Waals surface area (Å²) in [5.41, 5.74) is 0. The van der Waals surface area contributed by atoms with Gasteiger partial charge in [0.15, 0.2) is 0 Å². The summed E-state index contributed by atoms with van der Waals surface area (Å²) < 4.78 is 50.0. The number of ether oxygens (including phenoxy) is 1. The van der Waals surface area contributed by atoms with Gasteiger partial charge in [0.1, 0.15) is 6.61 Å². The van der Waals surface area contributed by atoms with Crippen molar-refractivity contribution >= 4 is 42.1 Å². The van der Waals surface area contributed by atoms with E-state index in [0.29, 0.717) is 16.0 Å². The Labute approximate surface area is 109 Å². The Morgan fingerprint density at radius 2 is 1.65 bits per heavy atom. The van der Waals surface area contributed by atoms with Gasteiger partial charge >= 0.3 is 6.09 Å². The normalized spacial score (nSPS) is 12.5. The number of carbonyl (C=O) groups is 1. The van der Waals surface area contributed by atoms with Crippen molar-refractivity contribution in [2.24, 2.45) is 0 Å². The molecule has 0 atom stereocenters. The summed E-state index contributed by atoms with van der Waals surface area (Å²) in [5, 5.41) is 0.304. The van der Waals surface area contributed by atoms with Crippen LogP contribution in [-0.4, -0.2) is 63.3 Å². The van der Waals surface area contributed by atoms with E-state index in [9.17, 15) is 21.6 Å². The molecule has 8 nitrogen and oxygen atoms in total. The Bertz CT molecular complexity index is 473. The van der Waals surface area contributed by atoms with Gasteiger partial charge in [0, 0.05) is 12.4 Å². The molecule has 0 radical (unpaired) electrons. The van der Waals surface area contributed by atoms with E-state index < -0.39 is 26.1 Å². The first kappa shape index (κ1) is 16.6. The number of hydrogen-bond donors (Lipinski definition) is 0. The summed E-state index contributed by atoms with van der Waals surface area (Å²) in [6.07, 6.45) is 0.187. The number of hydrazine groups is 1. The van der Waals surface area contributed by atoms with Crippen molar-refractivity contribution in [2.75, 3.05) is 31.5 Å². The molecular formula is C6H13BrN2O6S2. The van der Waals surface area contributed by atoms with E-state index in [2.05, 4.69) is 20.7 Å². The quantitative estimate of drug-likeness (QED) is 0.492. The van der Waals surface area contributed by atoms with Gasteiger partial charge in [-0.3, -0.25) is 0 Å². The number of carbonyl (C=O) groups excluding carboxylic acids is 1. The summed E-state index contributed by atoms with van der Waals surface area (Å²) in [6, 6.07) is 0. The molecule has 0 aromatic heterocycles. The van der Waals surface area contributed by atoms with Crippen LogP contribution in [0.2, 0.25) is 0 Å². The molecule has 0 rings (SSSR count). The molecule has 11 heteroatoms. The number of halogens is 1. The van der Waals surface area contributed by atoms with E-state index in [1.54, 1.807) is 0 Å². The first-order valence-corrected chi connectivity index (χ1v) is 9.00. The highest BCUT2D eigenvalue weighted by Crippen LogP contribution is 2.09. The minimum absolute atomic E-state index is 0.0466. The van der Waals surface area contributed by atoms with Gasteiger partial charge in [0.25, 0.3) is 10.0 Å². The molecular weight excluding hydrogens is 340 g/mol. The summed E-state index contributed by atoms with van der Waals surface area (Å²) in [4.78, 5) is 11.4. The van der Waals surface area contributed by atoms with Gasteiger partial charge in [-0.2, -0.15) is 0 Å². The molecule has 0 aliphatic rings. The lowest BCUT2D eigenvalue weighted by atomic mass is 10.9. The second kappa shape index (κ2) is 5.98. The van der Waals surface area contributed by atoms with E-state index in [1.807, 2.05) is 0 Å². The van der Waals surface area contributed by atoms with Crippen LogP contribution in [0.1, 0.15) is 0 Å². The third-order valence-electron chi connectivity index (χ3n) is 1.51. The number of rotatable bonds is 5. The van der Waals surface area contributed by atoms with Gasteiger partial charge in [0.05, 0.1) is 12.5 Å². The lowest BCUT2D eigenvalue weighted by Gasteiger charge is -2.26. The van der Waals surface area contributed by atoms with Crippen molar-refractivity contribution in [1.29, 1.82) is 0 Å². The van der Waals surface area contributed by atoms with Crippen LogP contribution in [0.15, 0.2) is 0 Å². The fourth-order valence-corrected chi connectivity index (χ4v) is 2.74. The molecule has 0 aliphatic carbocycles. The maximum atomic E-state index is 11.4. The molecule has 0 saturated heterocycles. The average molecular weight is 353 g/mol. The van der Waals surface area contributed by atoms with Crippen LogP contribution in [0, 0.1) is 0 Å². The minimum Gasteiger partial charge on any atom is -0.447 e. The Hall–Kier alpha value is -0.390. The van der Waals surface area contributed by atoms with Crippen LogP contribution in [-0.2, 0) is 24.8 Å². The standard InChI is InChI=1S/C6H13BrN2O6S2/c1-8(16(2,11)12)9(17(3,13)14)6(10)15-5-4-7/h4-5H2,1-3H3. The lowest BCUT2D eigenvalue weighted by Crippen LogP contribution is -2.50. The summed E-state index contributed by atoms with van der Waals surface area (Å²) in [5.74, 6) is 0. The van der Waals surface area contributed by atoms with Crippen LogP contribution < -0.4 is 0 Å². The second-order valence-corrected chi connectivity index (χ2v) is 7.61. The van der Waals surface area contributed by atoms with Crippen molar-refractivity contribution in [3.8, 4) is 0 Å². The third kappa shape index (κ3) is 5.19. The van der Waals surface area contributed by atoms with Crippen molar-refractivity contribution in [3.05, 3.63) is 0 Å². The predicted octanol–water partition coefficient (Wildman–Crippen LogP) is -0.414. The largest absolute Gasteiger partial charge is 0.447 e. The van der Waals surface area contributed by atoms with Gasteiger partial charge in [-0.05, 0) is 0 Å². The Balaban J connectivity index is 5.25. The van der Waals surface area contributed by atoms with Crippen molar-refractivity contribution in [2.45, 2.75) is 0 Å². The molecule has 0 spiro atoms. The number of amides is 1. The van der Waals surface area contributed by atoms with E-state index in [4.69, 9.17) is 0 Å². The van der Waals surface area contributed by atoms with Gasteiger partial charge in [-0.25, -0.2) is 21.6 Å². The summed E-state index contributed by atoms with van der Waals surface area (Å²) >= 11 is 2.98. The Morgan fingerprint density at radius 1 is 1.18 bits per heavy atom. The first-order chi connectivity index (χ1) is 7.51. The van der Waals surface area contributed by atoms with Crippen LogP contribution in [0.5, 0.6) is 0 Å². The predicted molar refractivity (Wildman–Crippen MR) is 64.4 cm³/mol. The smallest absolute Gasteiger partial charge is 0.439 e. The third-order valence-corrected chi connectivity index (χ3v) is 4.08. The maximum Gasteiger partial charge on any atom is 0.439 e. The highest BCUT2D eigenvalue weighted by molar-refractivity contribution is 9.09. The van der Waals surface area contributed by atoms with Crippen molar-refractivity contribution in [1.82, 2.24) is 8.83 Å². The molecule has 0 aromatic carbocycles. The molecule has 0 N–H and O–H groups in total. The zero-order chi connectivity index (χ0) is 13.9. The molecule has 102 valence electrons. The van der Waals surface area contributed by atoms with E-state index in [1.165, 1.54) is 0 Å². The fourth-order valence-electron chi connectivity index (χ4n) is 0.775. The zero-order valence-electron chi connectivity index (χ0n) is 9.45. The van der Waals surface area contributed by atoms with E-state index in [-0.39, 0.29) is 11.0 Å². The molecule has 1 amide bonds. The molecule has 17 heavy (non-hydrogen) atoms. The van der Waals surface area contributed by atoms with Crippen LogP contribution in [0.3, 0.4) is 0 Å². The molecule has 0 heterocycles. The van der Waals surface area contributed by atoms with Crippen molar-refractivity contribution in [3.63, 3.8) is 0 Å². The monoisotopic (exact) mass is 352 g/mol. The Morgan fingerprint density at radius 3 is 1.94 bits per heavy atom. The van der Waals surface area contributed by atoms with Crippen LogP contribution >= 0.6 is 15.9 Å². The van der Waals surface area contributed by atoms with Gasteiger partial charge < -0.3 is 4.74 Å². The molecule has 0 saturated carbocycles. The van der Waals surface area contributed by atoms with Gasteiger partial charge in [-0.15, -0.1) is 4.41 Å². The SMILES string of the molecule is CN(N(C(=O)OCCBr)S(C)(=O)=O)S(C)(=O)=O. The second-order valence-electron chi connectivity index (χ2n) is 3.01. The minimum atomic E-state index is -4.09. The van der Waals surface area contributed by atoms with Gasteiger partial charge in [0.2, 0.25) is 10.0 Å². The molecule has 0 unspecified atom stereocenters. The van der Waals surface area contributed by atoms with Crippen molar-refractivity contribution < 1.29 is 26.4 Å².